The van der Waals surface area contributed by atoms with Gasteiger partial charge < -0.3 is 20.3 Å². The molecule has 0 saturated heterocycles. The van der Waals surface area contributed by atoms with Crippen molar-refractivity contribution in [2.75, 3.05) is 10.3 Å². The predicted molar refractivity (Wildman–Crippen MR) is 146 cm³/mol. The van der Waals surface area contributed by atoms with Crippen molar-refractivity contribution in [2.24, 2.45) is 23.1 Å². The number of rotatable bonds is 11. The summed E-state index contributed by atoms with van der Waals surface area (Å²) >= 11 is 6.12. The molecule has 0 radical (unpaired) electrons. The number of aromatic carboxylic acids is 1. The largest absolute Gasteiger partial charge is 0.478 e. The van der Waals surface area contributed by atoms with Crippen LogP contribution in [0.4, 0.5) is 11.4 Å². The lowest BCUT2D eigenvalue weighted by molar-refractivity contribution is -0.123. The van der Waals surface area contributed by atoms with Crippen LogP contribution in [0.2, 0.25) is 5.02 Å². The number of aryl methyl sites for hydroxylation is 1. The van der Waals surface area contributed by atoms with Gasteiger partial charge in [0.15, 0.2) is 0 Å². The Kier molecular flexibility index (Phi) is 9.46. The summed E-state index contributed by atoms with van der Waals surface area (Å²) in [5, 5.41) is 23.1. The molecule has 5 N–H and O–H groups in total. The zero-order valence-electron chi connectivity index (χ0n) is 20.3. The van der Waals surface area contributed by atoms with Gasteiger partial charge in [0.05, 0.1) is 17.6 Å². The van der Waals surface area contributed by atoms with Crippen molar-refractivity contribution in [3.05, 3.63) is 82.9 Å². The fraction of sp³-hybridized carbons (Fsp3) is 0.120. The lowest BCUT2D eigenvalue weighted by Gasteiger charge is -2.18. The van der Waals surface area contributed by atoms with Crippen LogP contribution in [0.3, 0.4) is 0 Å². The highest BCUT2D eigenvalue weighted by atomic mass is 35.5. The first kappa shape index (κ1) is 27.8. The van der Waals surface area contributed by atoms with Gasteiger partial charge in [-0.3, -0.25) is 14.6 Å². The highest BCUT2D eigenvalue weighted by Crippen LogP contribution is 2.23. The average Bonchev–Trinajstić information content (AvgIpc) is 3.30. The molecule has 0 saturated carbocycles. The smallest absolute Gasteiger partial charge is 0.335 e. The number of carboxylic acid groups (broad SMARTS) is 1. The monoisotopic (exact) mass is 536 g/mol. The van der Waals surface area contributed by atoms with Crippen molar-refractivity contribution in [3.8, 4) is 0 Å². The number of halogens is 1. The molecular weight excluding hydrogens is 512 g/mol. The van der Waals surface area contributed by atoms with Crippen LogP contribution < -0.4 is 21.5 Å². The number of nitrogens with zero attached hydrogens (tertiary/aromatic N) is 5. The van der Waals surface area contributed by atoms with Crippen LogP contribution in [-0.2, 0) is 23.1 Å². The second-order valence-electron chi connectivity index (χ2n) is 7.95. The Labute approximate surface area is 223 Å². The maximum Gasteiger partial charge on any atom is 0.335 e. The van der Waals surface area contributed by atoms with Crippen LogP contribution in [0.5, 0.6) is 0 Å². The third-order valence-corrected chi connectivity index (χ3v) is 5.54. The van der Waals surface area contributed by atoms with Gasteiger partial charge in [0.2, 0.25) is 11.8 Å². The van der Waals surface area contributed by atoms with Crippen LogP contribution in [0.25, 0.3) is 6.08 Å². The summed E-state index contributed by atoms with van der Waals surface area (Å²) in [7, 11) is 1.77. The molecule has 0 unspecified atom stereocenters. The van der Waals surface area contributed by atoms with E-state index in [4.69, 9.17) is 22.6 Å². The predicted octanol–water partition coefficient (Wildman–Crippen LogP) is 2.48. The van der Waals surface area contributed by atoms with Gasteiger partial charge >= 0.3 is 5.97 Å². The molecule has 3 rings (SSSR count). The van der Waals surface area contributed by atoms with Crippen LogP contribution in [0.1, 0.15) is 21.6 Å². The Hall–Kier alpha value is -4.81. The number of carbonyl (C=O) groups is 3. The first-order valence-corrected chi connectivity index (χ1v) is 11.5. The molecule has 13 heteroatoms. The number of amides is 2. The van der Waals surface area contributed by atoms with E-state index in [-0.39, 0.29) is 12.0 Å². The molecule has 0 aliphatic heterocycles. The minimum atomic E-state index is -1.08. The molecule has 1 atom stereocenters. The highest BCUT2D eigenvalue weighted by molar-refractivity contribution is 6.30. The Balaban J connectivity index is 1.79. The van der Waals surface area contributed by atoms with E-state index in [9.17, 15) is 14.4 Å². The van der Waals surface area contributed by atoms with Crippen LogP contribution >= 0.6 is 11.6 Å². The van der Waals surface area contributed by atoms with E-state index in [2.05, 4.69) is 32.5 Å². The molecule has 3 aromatic rings. The van der Waals surface area contributed by atoms with Gasteiger partial charge in [-0.1, -0.05) is 11.6 Å². The molecule has 2 amide bonds. The van der Waals surface area contributed by atoms with E-state index >= 15 is 0 Å². The van der Waals surface area contributed by atoms with E-state index in [0.717, 1.165) is 0 Å². The first-order chi connectivity index (χ1) is 18.2. The number of nitrogens with two attached hydrogens (primary N) is 1. The van der Waals surface area contributed by atoms with E-state index in [0.29, 0.717) is 27.7 Å². The van der Waals surface area contributed by atoms with Gasteiger partial charge in [0, 0.05) is 54.4 Å². The van der Waals surface area contributed by atoms with Crippen molar-refractivity contribution >= 4 is 59.9 Å². The minimum absolute atomic E-state index is 0.0799. The summed E-state index contributed by atoms with van der Waals surface area (Å²) in [5.41, 5.74) is 2.16. The fourth-order valence-electron chi connectivity index (χ4n) is 3.36. The molecule has 0 spiro atoms. The standard InChI is InChI=1S/C25H25ClN8O4/c1-28-30-15-34(27)22-9-6-18(26)11-17(22)5-10-23(35)32-21(12-20-13-29-14-33(20)2)24(36)31-19-7-3-16(4-8-19)25(37)38/h3-11,13-15,21H,1,12,27H2,2H3,(H,31,36)(H,32,35)(H,37,38)/b10-5+,30-15-/t21-/m0/s1. The van der Waals surface area contributed by atoms with Crippen molar-refractivity contribution in [2.45, 2.75) is 12.5 Å². The lowest BCUT2D eigenvalue weighted by Crippen LogP contribution is -2.45. The van der Waals surface area contributed by atoms with Crippen molar-refractivity contribution in [1.82, 2.24) is 14.9 Å². The quantitative estimate of drug-likeness (QED) is 0.0959. The summed E-state index contributed by atoms with van der Waals surface area (Å²) in [4.78, 5) is 41.1. The van der Waals surface area contributed by atoms with Gasteiger partial charge in [-0.15, -0.1) is 5.10 Å². The molecule has 0 aliphatic rings. The zero-order valence-corrected chi connectivity index (χ0v) is 21.0. The Bertz CT molecular complexity index is 1380. The van der Waals surface area contributed by atoms with E-state index in [1.807, 2.05) is 0 Å². The van der Waals surface area contributed by atoms with Gasteiger partial charge in [-0.2, -0.15) is 5.10 Å². The van der Waals surface area contributed by atoms with Gasteiger partial charge in [0.1, 0.15) is 12.4 Å². The van der Waals surface area contributed by atoms with Crippen molar-refractivity contribution in [1.29, 1.82) is 0 Å². The molecule has 12 nitrogen and oxygen atoms in total. The van der Waals surface area contributed by atoms with Crippen molar-refractivity contribution in [3.63, 3.8) is 0 Å². The van der Waals surface area contributed by atoms with Gasteiger partial charge in [-0.05, 0) is 48.5 Å². The molecule has 38 heavy (non-hydrogen) atoms. The average molecular weight is 537 g/mol. The molecule has 0 fully saturated rings. The van der Waals surface area contributed by atoms with Gasteiger partial charge in [0.25, 0.3) is 0 Å². The Morgan fingerprint density at radius 1 is 1.26 bits per heavy atom. The second-order valence-corrected chi connectivity index (χ2v) is 8.39. The number of imidazole rings is 1. The third kappa shape index (κ3) is 7.59. The van der Waals surface area contributed by atoms with Gasteiger partial charge in [-0.25, -0.2) is 15.6 Å². The maximum absolute atomic E-state index is 13.1. The highest BCUT2D eigenvalue weighted by Gasteiger charge is 2.22. The number of benzene rings is 2. The summed E-state index contributed by atoms with van der Waals surface area (Å²) in [6.07, 6.45) is 7.31. The van der Waals surface area contributed by atoms with Crippen molar-refractivity contribution < 1.29 is 19.5 Å². The summed E-state index contributed by atoms with van der Waals surface area (Å²) in [5.74, 6) is 3.84. The summed E-state index contributed by atoms with van der Waals surface area (Å²) < 4.78 is 1.73. The molecule has 1 heterocycles. The first-order valence-electron chi connectivity index (χ1n) is 11.1. The molecule has 196 valence electrons. The summed E-state index contributed by atoms with van der Waals surface area (Å²) in [6.45, 7) is 3.25. The summed E-state index contributed by atoms with van der Waals surface area (Å²) in [6, 6.07) is 9.57. The number of anilines is 2. The molecule has 0 bridgehead atoms. The minimum Gasteiger partial charge on any atom is -0.478 e. The normalized spacial score (nSPS) is 11.9. The van der Waals surface area contributed by atoms with Crippen LogP contribution in [0.15, 0.2) is 71.3 Å². The molecule has 2 aromatic carbocycles. The lowest BCUT2D eigenvalue weighted by atomic mass is 10.1. The number of hydrogen-bond donors (Lipinski definition) is 4. The fourth-order valence-corrected chi connectivity index (χ4v) is 3.54. The number of carboxylic acids is 1. The van der Waals surface area contributed by atoms with E-state index in [1.54, 1.807) is 42.3 Å². The number of hydrogen-bond acceptors (Lipinski definition) is 7. The molecule has 0 aliphatic carbocycles. The number of carbonyl (C=O) groups excluding carboxylic acids is 2. The van der Waals surface area contributed by atoms with E-state index < -0.39 is 23.8 Å². The maximum atomic E-state index is 13.1. The number of nitrogens with one attached hydrogen (secondary N) is 2. The Morgan fingerprint density at radius 2 is 2.00 bits per heavy atom. The van der Waals surface area contributed by atoms with Crippen LogP contribution in [-0.4, -0.2) is 51.5 Å². The second kappa shape index (κ2) is 12.9. The van der Waals surface area contributed by atoms with E-state index in [1.165, 1.54) is 47.8 Å². The zero-order chi connectivity index (χ0) is 27.7. The number of aromatic nitrogens is 2. The topological polar surface area (TPSA) is 167 Å². The number of hydrazine groups is 1. The molecular formula is C25H25ClN8O4. The third-order valence-electron chi connectivity index (χ3n) is 5.30. The molecule has 1 aromatic heterocycles. The van der Waals surface area contributed by atoms with Crippen LogP contribution in [0, 0.1) is 0 Å². The SMILES string of the molecule is C=N/N=C\N(N)c1ccc(Cl)cc1/C=C/C(=O)N[C@@H](Cc1cncn1C)C(=O)Nc1ccc(C(=O)O)cc1. The Morgan fingerprint density at radius 3 is 2.63 bits per heavy atom.